The summed E-state index contributed by atoms with van der Waals surface area (Å²) in [5, 5.41) is 6.82. The molecule has 0 amide bonds. The second-order valence-electron chi connectivity index (χ2n) is 13.6. The fourth-order valence-electron chi connectivity index (χ4n) is 7.90. The highest BCUT2D eigenvalue weighted by Crippen LogP contribution is 2.43. The molecule has 0 spiro atoms. The molecule has 0 fully saturated rings. The fraction of sp³-hybridized carbons (Fsp3) is 0. The highest BCUT2D eigenvalue weighted by molar-refractivity contribution is 6.17. The number of hydrogen-bond donors (Lipinski definition) is 0. The molecular weight excluding hydrogens is 661 g/mol. The van der Waals surface area contributed by atoms with Crippen LogP contribution in [0.5, 0.6) is 0 Å². The zero-order valence-corrected chi connectivity index (χ0v) is 29.0. The van der Waals surface area contributed by atoms with Crippen molar-refractivity contribution in [1.82, 2.24) is 19.5 Å². The van der Waals surface area contributed by atoms with E-state index in [4.69, 9.17) is 19.4 Å². The first-order valence-corrected chi connectivity index (χ1v) is 18.1. The van der Waals surface area contributed by atoms with Crippen LogP contribution in [0.15, 0.2) is 186 Å². The molecule has 0 saturated carbocycles. The molecule has 11 rings (SSSR count). The summed E-state index contributed by atoms with van der Waals surface area (Å²) in [5.41, 5.74) is 9.81. The van der Waals surface area contributed by atoms with Crippen LogP contribution in [-0.4, -0.2) is 19.5 Å². The molecule has 5 heteroatoms. The van der Waals surface area contributed by atoms with Crippen LogP contribution >= 0.6 is 0 Å². The van der Waals surface area contributed by atoms with E-state index in [-0.39, 0.29) is 0 Å². The normalized spacial score (nSPS) is 11.7. The third-order valence-electron chi connectivity index (χ3n) is 10.4. The van der Waals surface area contributed by atoms with Crippen molar-refractivity contribution in [2.24, 2.45) is 0 Å². The zero-order valence-electron chi connectivity index (χ0n) is 29.0. The smallest absolute Gasteiger partial charge is 0.164 e. The minimum Gasteiger partial charge on any atom is -0.454 e. The monoisotopic (exact) mass is 690 g/mol. The molecule has 0 aliphatic rings. The number of furan rings is 1. The maximum absolute atomic E-state index is 7.02. The Bertz CT molecular complexity index is 3160. The standard InChI is InChI=1S/C49H30N4O/c1-3-14-32(15-4-1)37-27-28-43(53-41-21-11-9-19-38(41)39-20-10-12-22-42(39)53)46-45(37)40-26-25-36(30-44(40)54-46)49-51-47(33-16-5-2-6-17-33)50-48(52-49)35-24-23-31-13-7-8-18-34(31)29-35/h1-30H. The topological polar surface area (TPSA) is 56.7 Å². The van der Waals surface area contributed by atoms with Crippen LogP contribution in [0.3, 0.4) is 0 Å². The van der Waals surface area contributed by atoms with Gasteiger partial charge in [-0.3, -0.25) is 0 Å². The van der Waals surface area contributed by atoms with E-state index in [0.717, 1.165) is 71.9 Å². The molecule has 11 aromatic rings. The minimum absolute atomic E-state index is 0.584. The molecule has 0 bridgehead atoms. The Balaban J connectivity index is 1.15. The van der Waals surface area contributed by atoms with Gasteiger partial charge in [0, 0.05) is 38.2 Å². The van der Waals surface area contributed by atoms with Crippen molar-refractivity contribution in [3.05, 3.63) is 182 Å². The third-order valence-corrected chi connectivity index (χ3v) is 10.4. The van der Waals surface area contributed by atoms with Gasteiger partial charge in [-0.2, -0.15) is 0 Å². The predicted octanol–water partition coefficient (Wildman–Crippen LogP) is 12.7. The summed E-state index contributed by atoms with van der Waals surface area (Å²) < 4.78 is 9.35. The number of benzene rings is 8. The molecule has 54 heavy (non-hydrogen) atoms. The van der Waals surface area contributed by atoms with E-state index in [0.29, 0.717) is 17.5 Å². The Hall–Kier alpha value is -7.37. The van der Waals surface area contributed by atoms with Gasteiger partial charge in [-0.1, -0.05) is 146 Å². The van der Waals surface area contributed by atoms with E-state index in [1.807, 2.05) is 30.3 Å². The first-order chi connectivity index (χ1) is 26.8. The summed E-state index contributed by atoms with van der Waals surface area (Å²) in [6.45, 7) is 0. The summed E-state index contributed by atoms with van der Waals surface area (Å²) >= 11 is 0. The molecule has 0 aliphatic carbocycles. The quantitative estimate of drug-likeness (QED) is 0.180. The summed E-state index contributed by atoms with van der Waals surface area (Å²) in [4.78, 5) is 15.1. The molecular formula is C49H30N4O. The number of para-hydroxylation sites is 2. The number of aromatic nitrogens is 4. The van der Waals surface area contributed by atoms with E-state index in [1.54, 1.807) is 0 Å². The Morgan fingerprint density at radius 3 is 1.65 bits per heavy atom. The van der Waals surface area contributed by atoms with Crippen LogP contribution in [0.2, 0.25) is 0 Å². The highest BCUT2D eigenvalue weighted by Gasteiger charge is 2.21. The van der Waals surface area contributed by atoms with Crippen molar-refractivity contribution in [1.29, 1.82) is 0 Å². The Morgan fingerprint density at radius 2 is 0.944 bits per heavy atom. The molecule has 8 aromatic carbocycles. The molecule has 0 radical (unpaired) electrons. The summed E-state index contributed by atoms with van der Waals surface area (Å²) in [6.07, 6.45) is 0. The molecule has 0 saturated heterocycles. The van der Waals surface area contributed by atoms with Crippen LogP contribution in [0.1, 0.15) is 0 Å². The van der Waals surface area contributed by atoms with Gasteiger partial charge in [-0.05, 0) is 58.3 Å². The molecule has 3 heterocycles. The zero-order chi connectivity index (χ0) is 35.6. The maximum Gasteiger partial charge on any atom is 0.164 e. The molecule has 252 valence electrons. The van der Waals surface area contributed by atoms with Gasteiger partial charge in [-0.15, -0.1) is 0 Å². The van der Waals surface area contributed by atoms with E-state index >= 15 is 0 Å². The largest absolute Gasteiger partial charge is 0.454 e. The number of hydrogen-bond acceptors (Lipinski definition) is 4. The van der Waals surface area contributed by atoms with Gasteiger partial charge in [0.05, 0.1) is 16.7 Å². The number of fused-ring (bicyclic) bond motifs is 7. The number of rotatable bonds is 5. The second kappa shape index (κ2) is 12.1. The molecule has 0 aliphatic heterocycles. The lowest BCUT2D eigenvalue weighted by Gasteiger charge is -2.11. The van der Waals surface area contributed by atoms with Gasteiger partial charge in [-0.25, -0.2) is 15.0 Å². The van der Waals surface area contributed by atoms with Crippen molar-refractivity contribution in [3.63, 3.8) is 0 Å². The molecule has 0 atom stereocenters. The van der Waals surface area contributed by atoms with Crippen LogP contribution in [0, 0.1) is 0 Å². The first kappa shape index (κ1) is 30.3. The van der Waals surface area contributed by atoms with Gasteiger partial charge >= 0.3 is 0 Å². The van der Waals surface area contributed by atoms with Crippen LogP contribution in [0.4, 0.5) is 0 Å². The third kappa shape index (κ3) is 4.83. The van der Waals surface area contributed by atoms with Crippen molar-refractivity contribution in [2.75, 3.05) is 0 Å². The molecule has 0 unspecified atom stereocenters. The molecule has 5 nitrogen and oxygen atoms in total. The van der Waals surface area contributed by atoms with Crippen molar-refractivity contribution >= 4 is 54.5 Å². The Kier molecular flexibility index (Phi) is 6.79. The van der Waals surface area contributed by atoms with E-state index < -0.39 is 0 Å². The van der Waals surface area contributed by atoms with Crippen molar-refractivity contribution < 1.29 is 4.42 Å². The van der Waals surface area contributed by atoms with Gasteiger partial charge in [0.1, 0.15) is 5.58 Å². The number of nitrogens with zero attached hydrogens (tertiary/aromatic N) is 4. The highest BCUT2D eigenvalue weighted by atomic mass is 16.3. The van der Waals surface area contributed by atoms with Gasteiger partial charge in [0.15, 0.2) is 23.1 Å². The lowest BCUT2D eigenvalue weighted by atomic mass is 9.98. The average Bonchev–Trinajstić information content (AvgIpc) is 3.80. The lowest BCUT2D eigenvalue weighted by molar-refractivity contribution is 0.666. The molecule has 0 N–H and O–H groups in total. The van der Waals surface area contributed by atoms with Crippen LogP contribution in [-0.2, 0) is 0 Å². The van der Waals surface area contributed by atoms with Gasteiger partial charge in [0.2, 0.25) is 0 Å². The van der Waals surface area contributed by atoms with E-state index in [9.17, 15) is 0 Å². The van der Waals surface area contributed by atoms with Crippen LogP contribution < -0.4 is 0 Å². The maximum atomic E-state index is 7.02. The summed E-state index contributed by atoms with van der Waals surface area (Å²) in [6, 6.07) is 63.2. The van der Waals surface area contributed by atoms with Gasteiger partial charge in [0.25, 0.3) is 0 Å². The van der Waals surface area contributed by atoms with E-state index in [2.05, 4.69) is 156 Å². The van der Waals surface area contributed by atoms with Crippen molar-refractivity contribution in [3.8, 4) is 51.0 Å². The lowest BCUT2D eigenvalue weighted by Crippen LogP contribution is -2.00. The van der Waals surface area contributed by atoms with Crippen molar-refractivity contribution in [2.45, 2.75) is 0 Å². The summed E-state index contributed by atoms with van der Waals surface area (Å²) in [7, 11) is 0. The van der Waals surface area contributed by atoms with Gasteiger partial charge < -0.3 is 8.98 Å². The molecule has 3 aromatic heterocycles. The SMILES string of the molecule is c1ccc(-c2nc(-c3ccc4ccccc4c3)nc(-c3ccc4c(c3)oc3c(-n5c6ccccc6c6ccccc65)ccc(-c5ccccc5)c34)n2)cc1. The Morgan fingerprint density at radius 1 is 0.389 bits per heavy atom. The van der Waals surface area contributed by atoms with Crippen LogP contribution in [0.25, 0.3) is 105 Å². The minimum atomic E-state index is 0.584. The second-order valence-corrected chi connectivity index (χ2v) is 13.6. The fourth-order valence-corrected chi connectivity index (χ4v) is 7.90. The Labute approximate surface area is 310 Å². The van der Waals surface area contributed by atoms with E-state index in [1.165, 1.54) is 16.2 Å². The predicted molar refractivity (Wildman–Crippen MR) is 221 cm³/mol. The first-order valence-electron chi connectivity index (χ1n) is 18.1. The summed E-state index contributed by atoms with van der Waals surface area (Å²) in [5.74, 6) is 1.82. The average molecular weight is 691 g/mol.